The van der Waals surface area contributed by atoms with Crippen LogP contribution in [0.3, 0.4) is 0 Å². The Kier molecular flexibility index (Phi) is 5.36. The van der Waals surface area contributed by atoms with E-state index in [1.54, 1.807) is 11.3 Å². The first-order chi connectivity index (χ1) is 9.25. The predicted molar refractivity (Wildman–Crippen MR) is 80.5 cm³/mol. The Morgan fingerprint density at radius 1 is 1.26 bits per heavy atom. The maximum absolute atomic E-state index is 5.74. The molecule has 2 N–H and O–H groups in total. The van der Waals surface area contributed by atoms with Gasteiger partial charge in [0.05, 0.1) is 17.8 Å². The van der Waals surface area contributed by atoms with Crippen molar-refractivity contribution in [1.82, 2.24) is 4.98 Å². The summed E-state index contributed by atoms with van der Waals surface area (Å²) in [7, 11) is 0. The molecule has 0 bridgehead atoms. The number of rotatable bonds is 7. The first kappa shape index (κ1) is 14.0. The van der Waals surface area contributed by atoms with E-state index in [2.05, 4.69) is 11.1 Å². The van der Waals surface area contributed by atoms with Crippen LogP contribution < -0.4 is 5.73 Å². The van der Waals surface area contributed by atoms with Crippen molar-refractivity contribution in [3.63, 3.8) is 0 Å². The van der Waals surface area contributed by atoms with Gasteiger partial charge in [-0.25, -0.2) is 4.98 Å². The van der Waals surface area contributed by atoms with Gasteiger partial charge in [-0.15, -0.1) is 11.3 Å². The zero-order chi connectivity index (χ0) is 13.5. The number of nitrogens with two attached hydrogens (primary N) is 1. The van der Waals surface area contributed by atoms with Gasteiger partial charge in [-0.1, -0.05) is 12.1 Å². The van der Waals surface area contributed by atoms with Crippen LogP contribution in [0, 0.1) is 6.92 Å². The molecule has 0 aliphatic heterocycles. The van der Waals surface area contributed by atoms with Crippen LogP contribution >= 0.6 is 11.3 Å². The van der Waals surface area contributed by atoms with E-state index in [-0.39, 0.29) is 0 Å². The second kappa shape index (κ2) is 7.26. The highest BCUT2D eigenvalue weighted by Crippen LogP contribution is 2.13. The van der Waals surface area contributed by atoms with Crippen molar-refractivity contribution >= 4 is 17.0 Å². The number of benzene rings is 1. The summed E-state index contributed by atoms with van der Waals surface area (Å²) in [5.41, 5.74) is 10.9. The van der Waals surface area contributed by atoms with E-state index in [1.807, 2.05) is 30.6 Å². The molecule has 0 aliphatic rings. The summed E-state index contributed by atoms with van der Waals surface area (Å²) >= 11 is 1.71. The minimum atomic E-state index is 0.778. The fraction of sp³-hybridized carbons (Fsp3) is 0.400. The van der Waals surface area contributed by atoms with E-state index >= 15 is 0 Å². The normalized spacial score (nSPS) is 10.8. The topological polar surface area (TPSA) is 48.1 Å². The molecular formula is C15H20N2OS. The van der Waals surface area contributed by atoms with E-state index in [1.165, 1.54) is 10.4 Å². The number of ether oxygens (including phenoxy) is 1. The lowest BCUT2D eigenvalue weighted by atomic mass is 10.1. The molecule has 1 heterocycles. The van der Waals surface area contributed by atoms with E-state index in [4.69, 9.17) is 10.5 Å². The van der Waals surface area contributed by atoms with Crippen LogP contribution in [0.1, 0.15) is 22.6 Å². The number of hydrogen-bond donors (Lipinski definition) is 1. The lowest BCUT2D eigenvalue weighted by Gasteiger charge is -2.05. The Morgan fingerprint density at radius 3 is 2.89 bits per heavy atom. The second-order valence-electron chi connectivity index (χ2n) is 4.57. The number of aryl methyl sites for hydroxylation is 2. The number of nitrogens with zero attached hydrogens (tertiary/aromatic N) is 1. The maximum Gasteiger partial charge on any atom is 0.0797 e. The highest BCUT2D eigenvalue weighted by atomic mass is 32.1. The molecule has 102 valence electrons. The number of nitrogen functional groups attached to an aromatic ring is 1. The number of anilines is 1. The van der Waals surface area contributed by atoms with Crippen LogP contribution in [-0.2, 0) is 17.6 Å². The minimum Gasteiger partial charge on any atom is -0.399 e. The summed E-state index contributed by atoms with van der Waals surface area (Å²) in [5.74, 6) is 0. The lowest BCUT2D eigenvalue weighted by Crippen LogP contribution is -2.01. The standard InChI is InChI=1S/C15H20N2OS/c1-12-15(19-11-17-12)7-9-18-8-3-5-13-4-2-6-14(16)10-13/h2,4,6,10-11H,3,5,7-9,16H2,1H3. The van der Waals surface area contributed by atoms with Gasteiger partial charge in [0.25, 0.3) is 0 Å². The number of aromatic nitrogens is 1. The Morgan fingerprint density at radius 2 is 2.16 bits per heavy atom. The van der Waals surface area contributed by atoms with Gasteiger partial charge in [0, 0.05) is 23.6 Å². The molecule has 0 amide bonds. The molecule has 0 radical (unpaired) electrons. The molecule has 0 fully saturated rings. The fourth-order valence-corrected chi connectivity index (χ4v) is 2.72. The van der Waals surface area contributed by atoms with Crippen molar-refractivity contribution in [3.05, 3.63) is 45.9 Å². The molecule has 19 heavy (non-hydrogen) atoms. The largest absolute Gasteiger partial charge is 0.399 e. The van der Waals surface area contributed by atoms with Crippen molar-refractivity contribution in [2.24, 2.45) is 0 Å². The molecule has 0 saturated heterocycles. The number of hydrogen-bond acceptors (Lipinski definition) is 4. The lowest BCUT2D eigenvalue weighted by molar-refractivity contribution is 0.135. The molecule has 0 atom stereocenters. The molecule has 3 nitrogen and oxygen atoms in total. The Balaban J connectivity index is 1.59. The molecule has 0 unspecified atom stereocenters. The van der Waals surface area contributed by atoms with Crippen LogP contribution in [0.4, 0.5) is 5.69 Å². The number of thiazole rings is 1. The highest BCUT2D eigenvalue weighted by Gasteiger charge is 2.01. The van der Waals surface area contributed by atoms with E-state index < -0.39 is 0 Å². The summed E-state index contributed by atoms with van der Waals surface area (Å²) in [6.45, 7) is 3.62. The third-order valence-corrected chi connectivity index (χ3v) is 4.02. The average Bonchev–Trinajstić information content (AvgIpc) is 2.79. The van der Waals surface area contributed by atoms with Gasteiger partial charge >= 0.3 is 0 Å². The predicted octanol–water partition coefficient (Wildman–Crippen LogP) is 3.23. The molecule has 2 rings (SSSR count). The van der Waals surface area contributed by atoms with Gasteiger partial charge in [-0.3, -0.25) is 0 Å². The highest BCUT2D eigenvalue weighted by molar-refractivity contribution is 7.09. The van der Waals surface area contributed by atoms with Crippen LogP contribution in [0.15, 0.2) is 29.8 Å². The Labute approximate surface area is 118 Å². The van der Waals surface area contributed by atoms with Gasteiger partial charge < -0.3 is 10.5 Å². The van der Waals surface area contributed by atoms with Crippen molar-refractivity contribution in [1.29, 1.82) is 0 Å². The molecule has 1 aromatic carbocycles. The monoisotopic (exact) mass is 276 g/mol. The van der Waals surface area contributed by atoms with Crippen molar-refractivity contribution in [3.8, 4) is 0 Å². The SMILES string of the molecule is Cc1ncsc1CCOCCCc1cccc(N)c1. The van der Waals surface area contributed by atoms with Gasteiger partial charge in [0.15, 0.2) is 0 Å². The minimum absolute atomic E-state index is 0.778. The van der Waals surface area contributed by atoms with Crippen LogP contribution in [0.25, 0.3) is 0 Å². The second-order valence-corrected chi connectivity index (χ2v) is 5.51. The summed E-state index contributed by atoms with van der Waals surface area (Å²) < 4.78 is 5.66. The molecule has 0 spiro atoms. The van der Waals surface area contributed by atoms with E-state index in [0.717, 1.165) is 43.9 Å². The molecule has 2 aromatic rings. The molecule has 0 aliphatic carbocycles. The van der Waals surface area contributed by atoms with Gasteiger partial charge in [0.1, 0.15) is 0 Å². The third-order valence-electron chi connectivity index (χ3n) is 3.02. The summed E-state index contributed by atoms with van der Waals surface area (Å²) in [4.78, 5) is 5.56. The van der Waals surface area contributed by atoms with Gasteiger partial charge in [-0.2, -0.15) is 0 Å². The van der Waals surface area contributed by atoms with Crippen molar-refractivity contribution in [2.75, 3.05) is 18.9 Å². The van der Waals surface area contributed by atoms with Crippen LogP contribution in [0.5, 0.6) is 0 Å². The average molecular weight is 276 g/mol. The zero-order valence-electron chi connectivity index (χ0n) is 11.3. The first-order valence-electron chi connectivity index (χ1n) is 6.57. The van der Waals surface area contributed by atoms with Crippen LogP contribution in [0.2, 0.25) is 0 Å². The molecular weight excluding hydrogens is 256 g/mol. The fourth-order valence-electron chi connectivity index (χ4n) is 1.96. The van der Waals surface area contributed by atoms with E-state index in [9.17, 15) is 0 Å². The summed E-state index contributed by atoms with van der Waals surface area (Å²) in [6.07, 6.45) is 3.02. The van der Waals surface area contributed by atoms with Crippen LogP contribution in [-0.4, -0.2) is 18.2 Å². The third kappa shape index (κ3) is 4.65. The van der Waals surface area contributed by atoms with E-state index in [0.29, 0.717) is 0 Å². The van der Waals surface area contributed by atoms with Gasteiger partial charge in [0.2, 0.25) is 0 Å². The smallest absolute Gasteiger partial charge is 0.0797 e. The quantitative estimate of drug-likeness (QED) is 0.624. The molecule has 4 heteroatoms. The Hall–Kier alpha value is -1.39. The summed E-state index contributed by atoms with van der Waals surface area (Å²) in [6, 6.07) is 8.05. The zero-order valence-corrected chi connectivity index (χ0v) is 12.1. The molecule has 1 aromatic heterocycles. The van der Waals surface area contributed by atoms with Crippen molar-refractivity contribution < 1.29 is 4.74 Å². The Bertz CT molecular complexity index is 510. The maximum atomic E-state index is 5.74. The summed E-state index contributed by atoms with van der Waals surface area (Å²) in [5, 5.41) is 0. The van der Waals surface area contributed by atoms with Gasteiger partial charge in [-0.05, 0) is 37.5 Å². The molecule has 0 saturated carbocycles. The van der Waals surface area contributed by atoms with Crippen molar-refractivity contribution in [2.45, 2.75) is 26.2 Å². The first-order valence-corrected chi connectivity index (χ1v) is 7.45.